The zero-order chi connectivity index (χ0) is 20.5. The Morgan fingerprint density at radius 2 is 0.926 bits per heavy atom. The second-order valence-corrected chi connectivity index (χ2v) is 11.6. The molecular weight excluding hydrogens is 374 g/mol. The molecule has 0 aromatic heterocycles. The summed E-state index contributed by atoms with van der Waals surface area (Å²) < 4.78 is 23.9. The van der Waals surface area contributed by atoms with E-state index in [0.717, 1.165) is 58.9 Å². The third-order valence-electron chi connectivity index (χ3n) is 5.22. The molecule has 27 heavy (non-hydrogen) atoms. The summed E-state index contributed by atoms with van der Waals surface area (Å²) in [6.45, 7) is 21.5. The predicted molar refractivity (Wildman–Crippen MR) is 120 cm³/mol. The van der Waals surface area contributed by atoms with Gasteiger partial charge in [-0.05, 0) is 60.2 Å². The Labute approximate surface area is 172 Å². The van der Waals surface area contributed by atoms with E-state index in [1.165, 1.54) is 12.8 Å². The molecule has 0 radical (unpaired) electrons. The summed E-state index contributed by atoms with van der Waals surface area (Å²) in [6.07, 6.45) is 4.65. The SMILES string of the molecule is CCO[SiH](OCC)C(CC)CCN(CC)CCC(CC)[SiH](OCC)OCC. The Hall–Kier alpha value is 0.234. The fraction of sp³-hybridized carbons (Fsp3) is 1.00. The summed E-state index contributed by atoms with van der Waals surface area (Å²) in [7, 11) is -3.12. The standard InChI is InChI=1S/C20H47NO4Si2/c1-8-19(26(22-11-4)23-12-5)15-17-21(10-3)18-16-20(9-2)27(24-13-6)25-14-7/h19-20,26-27H,8-18H2,1-7H3. The Kier molecular flexibility index (Phi) is 18.4. The summed E-state index contributed by atoms with van der Waals surface area (Å²) in [5, 5.41) is 0. The quantitative estimate of drug-likeness (QED) is 0.292. The maximum Gasteiger partial charge on any atom is 0.324 e. The Balaban J connectivity index is 4.59. The van der Waals surface area contributed by atoms with Crippen LogP contribution in [-0.4, -0.2) is 69.5 Å². The number of nitrogens with zero attached hydrogens (tertiary/aromatic N) is 1. The highest BCUT2D eigenvalue weighted by atomic mass is 28.3. The van der Waals surface area contributed by atoms with Crippen molar-refractivity contribution in [2.75, 3.05) is 46.1 Å². The van der Waals surface area contributed by atoms with Crippen LogP contribution < -0.4 is 0 Å². The third kappa shape index (κ3) is 11.7. The smallest absolute Gasteiger partial charge is 0.324 e. The van der Waals surface area contributed by atoms with E-state index < -0.39 is 18.6 Å². The Morgan fingerprint density at radius 3 is 1.15 bits per heavy atom. The van der Waals surface area contributed by atoms with Crippen molar-refractivity contribution >= 4 is 18.6 Å². The van der Waals surface area contributed by atoms with Gasteiger partial charge in [0.05, 0.1) is 0 Å². The van der Waals surface area contributed by atoms with Gasteiger partial charge >= 0.3 is 18.6 Å². The van der Waals surface area contributed by atoms with Crippen molar-refractivity contribution in [1.82, 2.24) is 4.90 Å². The minimum absolute atomic E-state index is 0.592. The summed E-state index contributed by atoms with van der Waals surface area (Å²) in [5.74, 6) is 0. The van der Waals surface area contributed by atoms with Crippen LogP contribution in [0.1, 0.15) is 74.1 Å². The molecule has 0 amide bonds. The Bertz CT molecular complexity index is 286. The lowest BCUT2D eigenvalue weighted by Gasteiger charge is -2.29. The van der Waals surface area contributed by atoms with Gasteiger partial charge in [-0.3, -0.25) is 0 Å². The van der Waals surface area contributed by atoms with Crippen LogP contribution in [0.15, 0.2) is 0 Å². The first-order valence-electron chi connectivity index (χ1n) is 11.3. The monoisotopic (exact) mass is 421 g/mol. The first kappa shape index (κ1) is 27.2. The maximum absolute atomic E-state index is 5.97. The van der Waals surface area contributed by atoms with Crippen LogP contribution in [0.3, 0.4) is 0 Å². The van der Waals surface area contributed by atoms with E-state index in [2.05, 4.69) is 53.4 Å². The molecule has 7 heteroatoms. The minimum atomic E-state index is -1.56. The molecule has 2 atom stereocenters. The molecule has 0 aromatic carbocycles. The molecule has 0 fully saturated rings. The molecule has 0 rings (SSSR count). The summed E-state index contributed by atoms with van der Waals surface area (Å²) in [6, 6.07) is 0. The summed E-state index contributed by atoms with van der Waals surface area (Å²) in [4.78, 5) is 2.58. The average Bonchev–Trinajstić information content (AvgIpc) is 2.67. The first-order chi connectivity index (χ1) is 13.1. The lowest BCUT2D eigenvalue weighted by atomic mass is 10.2. The lowest BCUT2D eigenvalue weighted by molar-refractivity contribution is 0.189. The highest BCUT2D eigenvalue weighted by Crippen LogP contribution is 2.24. The summed E-state index contributed by atoms with van der Waals surface area (Å²) in [5.41, 5.74) is 1.18. The average molecular weight is 422 g/mol. The van der Waals surface area contributed by atoms with Crippen molar-refractivity contribution in [2.45, 2.75) is 85.2 Å². The molecule has 0 heterocycles. The van der Waals surface area contributed by atoms with Gasteiger partial charge in [0.15, 0.2) is 0 Å². The van der Waals surface area contributed by atoms with E-state index in [-0.39, 0.29) is 0 Å². The fourth-order valence-electron chi connectivity index (χ4n) is 3.49. The van der Waals surface area contributed by atoms with E-state index >= 15 is 0 Å². The second kappa shape index (κ2) is 18.3. The molecule has 0 aliphatic carbocycles. The number of rotatable bonds is 19. The van der Waals surface area contributed by atoms with Crippen LogP contribution in [0.2, 0.25) is 11.1 Å². The van der Waals surface area contributed by atoms with Gasteiger partial charge < -0.3 is 22.6 Å². The lowest BCUT2D eigenvalue weighted by Crippen LogP contribution is -2.35. The largest absolute Gasteiger partial charge is 0.397 e. The molecule has 5 nitrogen and oxygen atoms in total. The molecule has 0 spiro atoms. The van der Waals surface area contributed by atoms with Crippen LogP contribution in [0.5, 0.6) is 0 Å². The van der Waals surface area contributed by atoms with Crippen LogP contribution in [0.25, 0.3) is 0 Å². The van der Waals surface area contributed by atoms with E-state index in [0.29, 0.717) is 11.1 Å². The molecule has 0 saturated carbocycles. The van der Waals surface area contributed by atoms with Crippen LogP contribution >= 0.6 is 0 Å². The van der Waals surface area contributed by atoms with Gasteiger partial charge in [-0.15, -0.1) is 0 Å². The molecule has 0 aliphatic rings. The number of hydrogen-bond acceptors (Lipinski definition) is 5. The van der Waals surface area contributed by atoms with E-state index in [4.69, 9.17) is 17.7 Å². The topological polar surface area (TPSA) is 40.2 Å². The fourth-order valence-corrected chi connectivity index (χ4v) is 7.70. The van der Waals surface area contributed by atoms with Crippen molar-refractivity contribution in [3.63, 3.8) is 0 Å². The van der Waals surface area contributed by atoms with E-state index in [1.807, 2.05) is 0 Å². The highest BCUT2D eigenvalue weighted by molar-refractivity contribution is 6.46. The highest BCUT2D eigenvalue weighted by Gasteiger charge is 2.26. The minimum Gasteiger partial charge on any atom is -0.397 e. The molecule has 0 bridgehead atoms. The van der Waals surface area contributed by atoms with Crippen molar-refractivity contribution in [3.8, 4) is 0 Å². The van der Waals surface area contributed by atoms with Gasteiger partial charge in [-0.2, -0.15) is 0 Å². The van der Waals surface area contributed by atoms with Crippen molar-refractivity contribution in [3.05, 3.63) is 0 Å². The van der Waals surface area contributed by atoms with Gasteiger partial charge in [0, 0.05) is 37.5 Å². The predicted octanol–water partition coefficient (Wildman–Crippen LogP) is 4.24. The van der Waals surface area contributed by atoms with Gasteiger partial charge in [-0.25, -0.2) is 0 Å². The van der Waals surface area contributed by atoms with Crippen molar-refractivity contribution < 1.29 is 17.7 Å². The molecule has 0 aromatic rings. The summed E-state index contributed by atoms with van der Waals surface area (Å²) >= 11 is 0. The van der Waals surface area contributed by atoms with Crippen LogP contribution in [-0.2, 0) is 17.7 Å². The molecule has 2 unspecified atom stereocenters. The van der Waals surface area contributed by atoms with Crippen LogP contribution in [0.4, 0.5) is 0 Å². The normalized spacial score (nSPS) is 14.4. The van der Waals surface area contributed by atoms with Gasteiger partial charge in [0.2, 0.25) is 0 Å². The van der Waals surface area contributed by atoms with E-state index in [9.17, 15) is 0 Å². The zero-order valence-electron chi connectivity index (χ0n) is 19.2. The van der Waals surface area contributed by atoms with Crippen LogP contribution in [0, 0.1) is 0 Å². The molecule has 0 saturated heterocycles. The van der Waals surface area contributed by atoms with Crippen molar-refractivity contribution in [1.29, 1.82) is 0 Å². The number of hydrogen-bond donors (Lipinski definition) is 0. The molecule has 164 valence electrons. The third-order valence-corrected chi connectivity index (χ3v) is 11.0. The molecule has 0 N–H and O–H groups in total. The maximum atomic E-state index is 5.97. The van der Waals surface area contributed by atoms with Crippen molar-refractivity contribution in [2.24, 2.45) is 0 Å². The first-order valence-corrected chi connectivity index (χ1v) is 14.5. The second-order valence-electron chi connectivity index (χ2n) is 6.91. The Morgan fingerprint density at radius 1 is 0.593 bits per heavy atom. The van der Waals surface area contributed by atoms with E-state index in [1.54, 1.807) is 0 Å². The zero-order valence-corrected chi connectivity index (χ0v) is 21.5. The van der Waals surface area contributed by atoms with Gasteiger partial charge in [0.25, 0.3) is 0 Å². The molecule has 0 aliphatic heterocycles. The molecular formula is C20H47NO4Si2. The van der Waals surface area contributed by atoms with Gasteiger partial charge in [-0.1, -0.05) is 33.6 Å². The van der Waals surface area contributed by atoms with Gasteiger partial charge in [0.1, 0.15) is 0 Å².